The highest BCUT2D eigenvalue weighted by atomic mass is 29.6. The van der Waals surface area contributed by atoms with Crippen molar-refractivity contribution in [3.8, 4) is 0 Å². The molecule has 0 aliphatic rings. The minimum Gasteiger partial charge on any atom is -0.412 e. The predicted molar refractivity (Wildman–Crippen MR) is 165 cm³/mol. The monoisotopic (exact) mass is 536 g/mol. The fourth-order valence-corrected chi connectivity index (χ4v) is 54.1. The van der Waals surface area contributed by atoms with Crippen LogP contribution in [0.25, 0.3) is 0 Å². The Morgan fingerprint density at radius 1 is 0.600 bits per heavy atom. The fraction of sp³-hybridized carbons (Fsp3) is 0.357. The van der Waals surface area contributed by atoms with Crippen LogP contribution in [0, 0.1) is 0 Å². The summed E-state index contributed by atoms with van der Waals surface area (Å²) in [5, 5.41) is 0. The lowest BCUT2D eigenvalue weighted by molar-refractivity contribution is 0.271. The molecule has 188 valence electrons. The standard InChI is InChI=1S/C28H44N2OSi4/c1-32(2,3)31-28(25-19-13-10-14-20-25)35(33(4,5)6,34(7,8)9)30(27-23-17-12-18-24-27)29-26-21-15-11-16-22-26/h10-24,28-29H,1-9H3. The highest BCUT2D eigenvalue weighted by Gasteiger charge is 2.65. The molecule has 0 saturated carbocycles. The molecule has 3 rings (SSSR count). The number of hydrogen-bond donors (Lipinski definition) is 1. The molecule has 0 aliphatic carbocycles. The van der Waals surface area contributed by atoms with Gasteiger partial charge in [0.15, 0.2) is 15.6 Å². The van der Waals surface area contributed by atoms with Gasteiger partial charge in [0, 0.05) is 5.69 Å². The zero-order valence-corrected chi connectivity index (χ0v) is 27.1. The molecule has 3 nitrogen and oxygen atoms in total. The maximum atomic E-state index is 7.37. The Hall–Kier alpha value is -1.91. The molecule has 1 unspecified atom stereocenters. The summed E-state index contributed by atoms with van der Waals surface area (Å²) < 4.78 is 10.0. The van der Waals surface area contributed by atoms with Crippen LogP contribution in [0.15, 0.2) is 91.0 Å². The van der Waals surface area contributed by atoms with Crippen molar-refractivity contribution >= 4 is 42.1 Å². The van der Waals surface area contributed by atoms with E-state index in [4.69, 9.17) is 4.43 Å². The zero-order valence-electron chi connectivity index (χ0n) is 23.1. The average Bonchev–Trinajstić information content (AvgIpc) is 2.77. The summed E-state index contributed by atoms with van der Waals surface area (Å²) in [6.07, 6.45) is 0. The van der Waals surface area contributed by atoms with E-state index in [1.54, 1.807) is 0 Å². The molecule has 0 heterocycles. The third-order valence-corrected chi connectivity index (χ3v) is 44.8. The Morgan fingerprint density at radius 2 is 1.03 bits per heavy atom. The summed E-state index contributed by atoms with van der Waals surface area (Å²) in [5.41, 5.74) is 7.78. The van der Waals surface area contributed by atoms with E-state index >= 15 is 0 Å². The first kappa shape index (κ1) is 27.7. The van der Waals surface area contributed by atoms with Crippen LogP contribution >= 0.6 is 0 Å². The van der Waals surface area contributed by atoms with Gasteiger partial charge in [-0.3, -0.25) is 0 Å². The maximum absolute atomic E-state index is 7.37. The molecule has 0 aromatic heterocycles. The van der Waals surface area contributed by atoms with Gasteiger partial charge < -0.3 is 14.5 Å². The van der Waals surface area contributed by atoms with E-state index in [0.29, 0.717) is 0 Å². The molecule has 0 amide bonds. The molecule has 1 N–H and O–H groups in total. The Labute approximate surface area is 217 Å². The largest absolute Gasteiger partial charge is 0.412 e. The van der Waals surface area contributed by atoms with E-state index in [0.717, 1.165) is 5.69 Å². The first-order valence-electron chi connectivity index (χ1n) is 12.7. The van der Waals surface area contributed by atoms with Crippen LogP contribution in [0.1, 0.15) is 11.3 Å². The molecule has 7 heteroatoms. The lowest BCUT2D eigenvalue weighted by Crippen LogP contribution is -2.85. The van der Waals surface area contributed by atoms with Gasteiger partial charge in [0.05, 0.1) is 26.6 Å². The Balaban J connectivity index is 2.42. The van der Waals surface area contributed by atoms with Crippen molar-refractivity contribution in [3.63, 3.8) is 0 Å². The summed E-state index contributed by atoms with van der Waals surface area (Å²) in [6.45, 7) is 22.5. The first-order valence-corrected chi connectivity index (χ1v) is 27.1. The zero-order chi connectivity index (χ0) is 25.9. The molecular weight excluding hydrogens is 493 g/mol. The maximum Gasteiger partial charge on any atom is 0.193 e. The van der Waals surface area contributed by atoms with E-state index in [2.05, 4.69) is 160 Å². The first-order chi connectivity index (χ1) is 16.3. The van der Waals surface area contributed by atoms with Crippen LogP contribution < -0.4 is 10.1 Å². The van der Waals surface area contributed by atoms with E-state index in [1.807, 2.05) is 0 Å². The predicted octanol–water partition coefficient (Wildman–Crippen LogP) is 8.43. The highest BCUT2D eigenvalue weighted by Crippen LogP contribution is 2.46. The summed E-state index contributed by atoms with van der Waals surface area (Å²) in [7, 11) is -8.02. The summed E-state index contributed by atoms with van der Waals surface area (Å²) in [6, 6.07) is 32.8. The van der Waals surface area contributed by atoms with E-state index in [-0.39, 0.29) is 5.73 Å². The van der Waals surface area contributed by atoms with Crippen molar-refractivity contribution < 1.29 is 4.43 Å². The molecule has 0 fully saturated rings. The van der Waals surface area contributed by atoms with Crippen molar-refractivity contribution in [3.05, 3.63) is 96.6 Å². The summed E-state index contributed by atoms with van der Waals surface area (Å²) in [4.78, 5) is 0. The molecule has 3 aromatic carbocycles. The second-order valence-corrected chi connectivity index (χ2v) is 43.5. The number of nitrogens with one attached hydrogen (secondary N) is 1. The number of hydrogen-bond acceptors (Lipinski definition) is 3. The van der Waals surface area contributed by atoms with Crippen LogP contribution in [0.2, 0.25) is 58.9 Å². The molecule has 0 radical (unpaired) electrons. The Kier molecular flexibility index (Phi) is 8.38. The number of benzene rings is 3. The number of hydrazine groups is 1. The van der Waals surface area contributed by atoms with Crippen LogP contribution in [0.4, 0.5) is 11.4 Å². The van der Waals surface area contributed by atoms with Crippen molar-refractivity contribution in [1.82, 2.24) is 0 Å². The lowest BCUT2D eigenvalue weighted by Gasteiger charge is -2.60. The van der Waals surface area contributed by atoms with Gasteiger partial charge >= 0.3 is 0 Å². The van der Waals surface area contributed by atoms with Crippen molar-refractivity contribution in [2.24, 2.45) is 0 Å². The van der Waals surface area contributed by atoms with Gasteiger partial charge in [0.1, 0.15) is 0 Å². The van der Waals surface area contributed by atoms with Gasteiger partial charge in [0.2, 0.25) is 0 Å². The van der Waals surface area contributed by atoms with Gasteiger partial charge in [0.25, 0.3) is 0 Å². The number of rotatable bonds is 10. The van der Waals surface area contributed by atoms with Crippen LogP contribution in [-0.2, 0) is 4.43 Å². The van der Waals surface area contributed by atoms with Crippen LogP contribution in [0.3, 0.4) is 0 Å². The second kappa shape index (κ2) is 10.6. The Bertz CT molecular complexity index is 1050. The van der Waals surface area contributed by atoms with E-state index in [9.17, 15) is 0 Å². The van der Waals surface area contributed by atoms with Gasteiger partial charge in [-0.15, -0.1) is 0 Å². The third kappa shape index (κ3) is 6.09. The normalized spacial score (nSPS) is 13.9. The van der Waals surface area contributed by atoms with E-state index < -0.39 is 30.8 Å². The van der Waals surface area contributed by atoms with Crippen molar-refractivity contribution in [2.75, 3.05) is 10.1 Å². The molecule has 3 aromatic rings. The summed E-state index contributed by atoms with van der Waals surface area (Å²) in [5.74, 6) is 0. The molecule has 0 saturated heterocycles. The van der Waals surface area contributed by atoms with Gasteiger partial charge in [-0.1, -0.05) is 106 Å². The van der Waals surface area contributed by atoms with Gasteiger partial charge in [-0.2, -0.15) is 0 Å². The number of para-hydroxylation sites is 2. The smallest absolute Gasteiger partial charge is 0.193 e. The van der Waals surface area contributed by atoms with Crippen LogP contribution in [-0.4, -0.2) is 30.8 Å². The number of anilines is 2. The van der Waals surface area contributed by atoms with Crippen molar-refractivity contribution in [2.45, 2.75) is 64.7 Å². The van der Waals surface area contributed by atoms with Crippen molar-refractivity contribution in [1.29, 1.82) is 0 Å². The minimum atomic E-state index is -2.42. The highest BCUT2D eigenvalue weighted by molar-refractivity contribution is 7.70. The molecular formula is C28H44N2OSi4. The molecule has 35 heavy (non-hydrogen) atoms. The number of nitrogens with zero attached hydrogens (tertiary/aromatic N) is 1. The Morgan fingerprint density at radius 3 is 1.46 bits per heavy atom. The average molecular weight is 537 g/mol. The topological polar surface area (TPSA) is 24.5 Å². The second-order valence-electron chi connectivity index (χ2n) is 12.4. The van der Waals surface area contributed by atoms with Crippen LogP contribution in [0.5, 0.6) is 0 Å². The van der Waals surface area contributed by atoms with E-state index in [1.165, 1.54) is 11.3 Å². The minimum absolute atomic E-state index is 0.0881. The third-order valence-electron chi connectivity index (χ3n) is 6.62. The quantitative estimate of drug-likeness (QED) is 0.208. The van der Waals surface area contributed by atoms with Gasteiger partial charge in [-0.25, -0.2) is 0 Å². The van der Waals surface area contributed by atoms with Gasteiger partial charge in [-0.05, 0) is 49.5 Å². The summed E-state index contributed by atoms with van der Waals surface area (Å²) >= 11 is 0. The molecule has 0 spiro atoms. The molecule has 0 aliphatic heterocycles. The SMILES string of the molecule is C[Si](C)(C)OC(c1ccccc1)[Si](N(Nc1ccccc1)c1ccccc1)([Si](C)(C)C)[Si](C)(C)C. The molecule has 1 atom stereocenters. The fourth-order valence-electron chi connectivity index (χ4n) is 5.65. The molecule has 0 bridgehead atoms. The lowest BCUT2D eigenvalue weighted by atomic mass is 10.2.